The number of hydrogen-bond donors (Lipinski definition) is 0. The van der Waals surface area contributed by atoms with Crippen molar-refractivity contribution in [1.82, 2.24) is 4.98 Å². The Hall–Kier alpha value is -3.01. The van der Waals surface area contributed by atoms with Crippen molar-refractivity contribution in [3.05, 3.63) is 95.8 Å². The van der Waals surface area contributed by atoms with Crippen molar-refractivity contribution in [3.8, 4) is 17.0 Å². The molecule has 31 heavy (non-hydrogen) atoms. The summed E-state index contributed by atoms with van der Waals surface area (Å²) in [6, 6.07) is 4.63. The number of allylic oxidation sites excluding steroid dienone is 6. The van der Waals surface area contributed by atoms with Gasteiger partial charge in [-0.1, -0.05) is 63.3 Å². The van der Waals surface area contributed by atoms with Gasteiger partial charge in [0.1, 0.15) is 0 Å². The molecule has 0 bridgehead atoms. The molecule has 0 saturated carbocycles. The molecule has 0 saturated heterocycles. The maximum Gasteiger partial charge on any atom is 0.190 e. The van der Waals surface area contributed by atoms with Crippen molar-refractivity contribution in [2.45, 2.75) is 46.0 Å². The number of benzene rings is 1. The normalized spacial score (nSPS) is 12.0. The van der Waals surface area contributed by atoms with Gasteiger partial charge in [-0.15, -0.1) is 0 Å². The third-order valence-electron chi connectivity index (χ3n) is 5.17. The average molecular weight is 424 g/mol. The zero-order valence-electron chi connectivity index (χ0n) is 18.7. The Kier molecular flexibility index (Phi) is 9.39. The fourth-order valence-corrected chi connectivity index (χ4v) is 3.45. The summed E-state index contributed by atoms with van der Waals surface area (Å²) in [6.07, 6.45) is 14.2. The minimum Gasteiger partial charge on any atom is -0.491 e. The molecule has 0 radical (unpaired) electrons. The third-order valence-corrected chi connectivity index (χ3v) is 5.17. The summed E-state index contributed by atoms with van der Waals surface area (Å²) >= 11 is 0. The second kappa shape index (κ2) is 12.0. The Morgan fingerprint density at radius 2 is 1.84 bits per heavy atom. The van der Waals surface area contributed by atoms with Crippen molar-refractivity contribution < 1.29 is 13.5 Å². The standard InChI is InChI=1S/C27H31F2NO/c1-6-9-10-12-20-15-22(14-13-19(4)21(8-3)11-7-2)26(30-18-20)23-16-24(28)27(31-5)25(29)17-23/h7-8,11,13,15-18H,2-3,6,9-10,12,14H2,1,4-5H3/b19-13-,21-11-. The fraction of sp³-hybridized carbons (Fsp3) is 0.296. The molecule has 4 heteroatoms. The van der Waals surface area contributed by atoms with Crippen LogP contribution in [0.25, 0.3) is 11.3 Å². The molecule has 0 amide bonds. The smallest absolute Gasteiger partial charge is 0.190 e. The molecular formula is C27H31F2NO. The summed E-state index contributed by atoms with van der Waals surface area (Å²) in [7, 11) is 1.25. The zero-order chi connectivity index (χ0) is 22.8. The van der Waals surface area contributed by atoms with Gasteiger partial charge >= 0.3 is 0 Å². The first kappa shape index (κ1) is 24.3. The van der Waals surface area contributed by atoms with Gasteiger partial charge in [0.25, 0.3) is 0 Å². The second-order valence-electron chi connectivity index (χ2n) is 7.43. The lowest BCUT2D eigenvalue weighted by Gasteiger charge is -2.13. The highest BCUT2D eigenvalue weighted by Gasteiger charge is 2.16. The van der Waals surface area contributed by atoms with Gasteiger partial charge in [-0.05, 0) is 60.6 Å². The first-order chi connectivity index (χ1) is 14.9. The number of halogens is 2. The van der Waals surface area contributed by atoms with E-state index in [0.29, 0.717) is 17.7 Å². The van der Waals surface area contributed by atoms with E-state index < -0.39 is 11.6 Å². The van der Waals surface area contributed by atoms with Crippen LogP contribution in [0.2, 0.25) is 0 Å². The van der Waals surface area contributed by atoms with Gasteiger partial charge in [0.05, 0.1) is 12.8 Å². The number of pyridine rings is 1. The number of methoxy groups -OCH3 is 1. The van der Waals surface area contributed by atoms with E-state index >= 15 is 0 Å². The summed E-state index contributed by atoms with van der Waals surface area (Å²) in [5.41, 5.74) is 5.02. The summed E-state index contributed by atoms with van der Waals surface area (Å²) in [6.45, 7) is 11.8. The molecule has 0 aliphatic rings. The predicted octanol–water partition coefficient (Wildman–Crippen LogP) is 7.56. The number of aryl methyl sites for hydroxylation is 1. The van der Waals surface area contributed by atoms with Gasteiger partial charge in [0.15, 0.2) is 17.4 Å². The molecular weight excluding hydrogens is 392 g/mol. The number of hydrogen-bond acceptors (Lipinski definition) is 2. The maximum absolute atomic E-state index is 14.3. The molecule has 0 aliphatic carbocycles. The molecule has 1 heterocycles. The topological polar surface area (TPSA) is 22.1 Å². The molecule has 2 nitrogen and oxygen atoms in total. The van der Waals surface area contributed by atoms with E-state index in [2.05, 4.69) is 37.2 Å². The summed E-state index contributed by atoms with van der Waals surface area (Å²) in [4.78, 5) is 4.59. The molecule has 164 valence electrons. The Balaban J connectivity index is 2.49. The number of aromatic nitrogens is 1. The van der Waals surface area contributed by atoms with E-state index in [1.807, 2.05) is 13.0 Å². The highest BCUT2D eigenvalue weighted by Crippen LogP contribution is 2.30. The van der Waals surface area contributed by atoms with Crippen LogP contribution in [0, 0.1) is 11.6 Å². The van der Waals surface area contributed by atoms with Gasteiger partial charge < -0.3 is 4.74 Å². The third kappa shape index (κ3) is 6.48. The number of nitrogens with zero attached hydrogens (tertiary/aromatic N) is 1. The number of ether oxygens (including phenoxy) is 1. The molecule has 0 spiro atoms. The molecule has 0 fully saturated rings. The maximum atomic E-state index is 14.3. The Labute approximate surface area is 184 Å². The van der Waals surface area contributed by atoms with E-state index in [9.17, 15) is 8.78 Å². The summed E-state index contributed by atoms with van der Waals surface area (Å²) in [5, 5.41) is 0. The summed E-state index contributed by atoms with van der Waals surface area (Å²) < 4.78 is 33.5. The largest absolute Gasteiger partial charge is 0.491 e. The number of rotatable bonds is 11. The quantitative estimate of drug-likeness (QED) is 0.275. The van der Waals surface area contributed by atoms with Crippen molar-refractivity contribution in [2.24, 2.45) is 0 Å². The monoisotopic (exact) mass is 423 g/mol. The predicted molar refractivity (Wildman–Crippen MR) is 125 cm³/mol. The minimum absolute atomic E-state index is 0.387. The van der Waals surface area contributed by atoms with Crippen LogP contribution in [0.1, 0.15) is 44.2 Å². The Morgan fingerprint density at radius 1 is 1.13 bits per heavy atom. The Bertz CT molecular complexity index is 966. The van der Waals surface area contributed by atoms with Gasteiger partial charge in [-0.3, -0.25) is 4.98 Å². The molecule has 2 aromatic rings. The van der Waals surface area contributed by atoms with E-state index in [4.69, 9.17) is 4.74 Å². The van der Waals surface area contributed by atoms with Crippen LogP contribution in [0.4, 0.5) is 8.78 Å². The van der Waals surface area contributed by atoms with Crippen molar-refractivity contribution in [3.63, 3.8) is 0 Å². The SMILES string of the molecule is C=C/C=C(C=C)\C(C)=C/Cc1cc(CCCCC)cnc1-c1cc(F)c(OC)c(F)c1. The van der Waals surface area contributed by atoms with Crippen LogP contribution in [0.5, 0.6) is 5.75 Å². The van der Waals surface area contributed by atoms with Crippen LogP contribution >= 0.6 is 0 Å². The van der Waals surface area contributed by atoms with E-state index in [-0.39, 0.29) is 5.75 Å². The van der Waals surface area contributed by atoms with Crippen LogP contribution in [0.3, 0.4) is 0 Å². The molecule has 0 aliphatic heterocycles. The number of unbranched alkanes of at least 4 members (excludes halogenated alkanes) is 2. The molecule has 0 unspecified atom stereocenters. The van der Waals surface area contributed by atoms with E-state index in [1.165, 1.54) is 19.2 Å². The van der Waals surface area contributed by atoms with Crippen LogP contribution < -0.4 is 4.74 Å². The van der Waals surface area contributed by atoms with Crippen molar-refractivity contribution >= 4 is 0 Å². The lowest BCUT2D eigenvalue weighted by Crippen LogP contribution is -1.99. The molecule has 0 atom stereocenters. The van der Waals surface area contributed by atoms with Gasteiger partial charge in [-0.25, -0.2) is 8.78 Å². The molecule has 2 rings (SSSR count). The highest BCUT2D eigenvalue weighted by molar-refractivity contribution is 5.65. The highest BCUT2D eigenvalue weighted by atomic mass is 19.1. The molecule has 0 N–H and O–H groups in total. The summed E-state index contributed by atoms with van der Waals surface area (Å²) in [5.74, 6) is -1.87. The van der Waals surface area contributed by atoms with Gasteiger partial charge in [-0.2, -0.15) is 0 Å². The van der Waals surface area contributed by atoms with Crippen LogP contribution in [-0.2, 0) is 12.8 Å². The Morgan fingerprint density at radius 3 is 2.42 bits per heavy atom. The van der Waals surface area contributed by atoms with Crippen LogP contribution in [-0.4, -0.2) is 12.1 Å². The van der Waals surface area contributed by atoms with Crippen molar-refractivity contribution in [1.29, 1.82) is 0 Å². The first-order valence-corrected chi connectivity index (χ1v) is 10.6. The first-order valence-electron chi connectivity index (χ1n) is 10.6. The average Bonchev–Trinajstić information content (AvgIpc) is 2.75. The van der Waals surface area contributed by atoms with E-state index in [0.717, 1.165) is 48.0 Å². The van der Waals surface area contributed by atoms with E-state index in [1.54, 1.807) is 18.3 Å². The molecule has 1 aromatic carbocycles. The fourth-order valence-electron chi connectivity index (χ4n) is 3.45. The van der Waals surface area contributed by atoms with Gasteiger partial charge in [0.2, 0.25) is 0 Å². The lowest BCUT2D eigenvalue weighted by atomic mass is 9.97. The van der Waals surface area contributed by atoms with Crippen LogP contribution in [0.15, 0.2) is 73.0 Å². The minimum atomic E-state index is -0.744. The van der Waals surface area contributed by atoms with Gasteiger partial charge in [0, 0.05) is 11.8 Å². The second-order valence-corrected chi connectivity index (χ2v) is 7.43. The lowest BCUT2D eigenvalue weighted by molar-refractivity contribution is 0.360. The van der Waals surface area contributed by atoms with Crippen molar-refractivity contribution in [2.75, 3.05) is 7.11 Å². The zero-order valence-corrected chi connectivity index (χ0v) is 18.7. The molecule has 1 aromatic heterocycles.